The van der Waals surface area contributed by atoms with Gasteiger partial charge in [0.2, 0.25) is 5.91 Å². The first kappa shape index (κ1) is 16.0. The Morgan fingerprint density at radius 3 is 2.71 bits per heavy atom. The van der Waals surface area contributed by atoms with Crippen molar-refractivity contribution in [3.05, 3.63) is 30.3 Å². The summed E-state index contributed by atoms with van der Waals surface area (Å²) in [5.41, 5.74) is 0. The highest BCUT2D eigenvalue weighted by molar-refractivity contribution is 7.91. The number of amides is 1. The summed E-state index contributed by atoms with van der Waals surface area (Å²) in [5, 5.41) is 2.91. The third-order valence-corrected chi connectivity index (χ3v) is 5.40. The first-order valence-corrected chi connectivity index (χ1v) is 8.90. The van der Waals surface area contributed by atoms with Crippen LogP contribution in [0.15, 0.2) is 35.2 Å². The first-order valence-electron chi connectivity index (χ1n) is 7.24. The minimum absolute atomic E-state index is 0.0289. The molecule has 1 fully saturated rings. The van der Waals surface area contributed by atoms with E-state index < -0.39 is 9.84 Å². The van der Waals surface area contributed by atoms with Crippen molar-refractivity contribution >= 4 is 15.7 Å². The van der Waals surface area contributed by atoms with Gasteiger partial charge in [0.25, 0.3) is 0 Å². The maximum absolute atomic E-state index is 12.2. The first-order chi connectivity index (χ1) is 9.97. The summed E-state index contributed by atoms with van der Waals surface area (Å²) in [5.74, 6) is 0.0860. The van der Waals surface area contributed by atoms with E-state index in [1.807, 2.05) is 6.07 Å². The van der Waals surface area contributed by atoms with Gasteiger partial charge in [-0.3, -0.25) is 4.79 Å². The van der Waals surface area contributed by atoms with E-state index in [9.17, 15) is 13.2 Å². The average molecular weight is 310 g/mol. The Kier molecular flexibility index (Phi) is 5.36. The van der Waals surface area contributed by atoms with E-state index in [0.29, 0.717) is 11.4 Å². The molecule has 0 saturated carbocycles. The van der Waals surface area contributed by atoms with Gasteiger partial charge in [-0.25, -0.2) is 8.42 Å². The van der Waals surface area contributed by atoms with E-state index in [1.54, 1.807) is 24.3 Å². The number of carbonyl (C=O) groups is 1. The van der Waals surface area contributed by atoms with Gasteiger partial charge in [0, 0.05) is 26.1 Å². The smallest absolute Gasteiger partial charge is 0.217 e. The fourth-order valence-corrected chi connectivity index (χ4v) is 3.96. The Labute approximate surface area is 126 Å². The zero-order valence-electron chi connectivity index (χ0n) is 12.3. The SMILES string of the molecule is CC(=O)N[C@@H]1CCCN(CCS(=O)(=O)c2ccccc2)C1. The molecular weight excluding hydrogens is 288 g/mol. The molecule has 116 valence electrons. The van der Waals surface area contributed by atoms with Crippen molar-refractivity contribution in [2.24, 2.45) is 0 Å². The van der Waals surface area contributed by atoms with Gasteiger partial charge in [-0.2, -0.15) is 0 Å². The van der Waals surface area contributed by atoms with E-state index in [-0.39, 0.29) is 17.7 Å². The van der Waals surface area contributed by atoms with E-state index >= 15 is 0 Å². The van der Waals surface area contributed by atoms with Crippen molar-refractivity contribution in [3.63, 3.8) is 0 Å². The van der Waals surface area contributed by atoms with Crippen LogP contribution in [-0.4, -0.2) is 50.7 Å². The lowest BCUT2D eigenvalue weighted by atomic mass is 10.1. The molecule has 1 aromatic rings. The van der Waals surface area contributed by atoms with Crippen LogP contribution in [0.25, 0.3) is 0 Å². The van der Waals surface area contributed by atoms with Crippen LogP contribution in [0.2, 0.25) is 0 Å². The molecule has 1 aliphatic rings. The maximum Gasteiger partial charge on any atom is 0.217 e. The predicted octanol–water partition coefficient (Wildman–Crippen LogP) is 1.06. The fourth-order valence-electron chi connectivity index (χ4n) is 2.66. The van der Waals surface area contributed by atoms with Gasteiger partial charge in [0.1, 0.15) is 0 Å². The molecule has 0 radical (unpaired) electrons. The molecule has 1 saturated heterocycles. The molecule has 5 nitrogen and oxygen atoms in total. The average Bonchev–Trinajstić information content (AvgIpc) is 2.46. The molecule has 1 N–H and O–H groups in total. The highest BCUT2D eigenvalue weighted by Crippen LogP contribution is 2.13. The Hall–Kier alpha value is -1.40. The van der Waals surface area contributed by atoms with Gasteiger partial charge in [0.05, 0.1) is 10.6 Å². The van der Waals surface area contributed by atoms with Crippen LogP contribution in [0, 0.1) is 0 Å². The minimum Gasteiger partial charge on any atom is -0.352 e. The molecule has 6 heteroatoms. The third kappa shape index (κ3) is 4.82. The van der Waals surface area contributed by atoms with Crippen molar-refractivity contribution < 1.29 is 13.2 Å². The highest BCUT2D eigenvalue weighted by Gasteiger charge is 2.22. The van der Waals surface area contributed by atoms with Crippen LogP contribution in [0.3, 0.4) is 0 Å². The van der Waals surface area contributed by atoms with Gasteiger partial charge < -0.3 is 10.2 Å². The van der Waals surface area contributed by atoms with Gasteiger partial charge >= 0.3 is 0 Å². The summed E-state index contributed by atoms with van der Waals surface area (Å²) < 4.78 is 24.5. The van der Waals surface area contributed by atoms with Crippen LogP contribution in [0.1, 0.15) is 19.8 Å². The number of sulfone groups is 1. The third-order valence-electron chi connectivity index (χ3n) is 3.69. The van der Waals surface area contributed by atoms with E-state index in [1.165, 1.54) is 6.92 Å². The lowest BCUT2D eigenvalue weighted by Crippen LogP contribution is -2.48. The second-order valence-corrected chi connectivity index (χ2v) is 7.58. The van der Waals surface area contributed by atoms with E-state index in [4.69, 9.17) is 0 Å². The number of hydrogen-bond acceptors (Lipinski definition) is 4. The number of likely N-dealkylation sites (tertiary alicyclic amines) is 1. The molecular formula is C15H22N2O3S. The van der Waals surface area contributed by atoms with Gasteiger partial charge in [-0.15, -0.1) is 0 Å². The molecule has 1 aromatic carbocycles. The summed E-state index contributed by atoms with van der Waals surface area (Å²) >= 11 is 0. The van der Waals surface area contributed by atoms with Crippen LogP contribution in [-0.2, 0) is 14.6 Å². The van der Waals surface area contributed by atoms with Gasteiger partial charge in [-0.1, -0.05) is 18.2 Å². The minimum atomic E-state index is -3.23. The lowest BCUT2D eigenvalue weighted by Gasteiger charge is -2.32. The predicted molar refractivity (Wildman–Crippen MR) is 81.8 cm³/mol. The maximum atomic E-state index is 12.2. The highest BCUT2D eigenvalue weighted by atomic mass is 32.2. The molecule has 0 unspecified atom stereocenters. The number of benzene rings is 1. The summed E-state index contributed by atoms with van der Waals surface area (Å²) in [7, 11) is -3.23. The summed E-state index contributed by atoms with van der Waals surface area (Å²) in [6.45, 7) is 3.64. The van der Waals surface area contributed by atoms with Crippen molar-refractivity contribution in [3.8, 4) is 0 Å². The van der Waals surface area contributed by atoms with Crippen LogP contribution < -0.4 is 5.32 Å². The lowest BCUT2D eigenvalue weighted by molar-refractivity contribution is -0.120. The second kappa shape index (κ2) is 7.04. The Balaban J connectivity index is 1.89. The topological polar surface area (TPSA) is 66.5 Å². The standard InChI is InChI=1S/C15H22N2O3S/c1-13(18)16-14-6-5-9-17(12-14)10-11-21(19,20)15-7-3-2-4-8-15/h2-4,7-8,14H,5-6,9-12H2,1H3,(H,16,18)/t14-/m1/s1. The van der Waals surface area contributed by atoms with Crippen molar-refractivity contribution in [1.82, 2.24) is 10.2 Å². The number of hydrogen-bond donors (Lipinski definition) is 1. The van der Waals surface area contributed by atoms with Crippen LogP contribution >= 0.6 is 0 Å². The van der Waals surface area contributed by atoms with Crippen molar-refractivity contribution in [1.29, 1.82) is 0 Å². The molecule has 1 aliphatic heterocycles. The van der Waals surface area contributed by atoms with E-state index in [0.717, 1.165) is 25.9 Å². The largest absolute Gasteiger partial charge is 0.352 e. The number of nitrogens with one attached hydrogen (secondary N) is 1. The Bertz CT molecular complexity index is 572. The molecule has 21 heavy (non-hydrogen) atoms. The molecule has 1 amide bonds. The number of rotatable bonds is 5. The van der Waals surface area contributed by atoms with Crippen LogP contribution in [0.5, 0.6) is 0 Å². The van der Waals surface area contributed by atoms with Gasteiger partial charge in [0.15, 0.2) is 9.84 Å². The molecule has 1 atom stereocenters. The molecule has 0 spiro atoms. The normalized spacial score (nSPS) is 20.1. The Morgan fingerprint density at radius 2 is 2.05 bits per heavy atom. The zero-order valence-corrected chi connectivity index (χ0v) is 13.1. The summed E-state index contributed by atoms with van der Waals surface area (Å²) in [4.78, 5) is 13.6. The monoisotopic (exact) mass is 310 g/mol. The zero-order chi connectivity index (χ0) is 15.3. The number of nitrogens with zero attached hydrogens (tertiary/aromatic N) is 1. The molecule has 0 aliphatic carbocycles. The van der Waals surface area contributed by atoms with E-state index in [2.05, 4.69) is 10.2 Å². The van der Waals surface area contributed by atoms with Gasteiger partial charge in [-0.05, 0) is 31.5 Å². The van der Waals surface area contributed by atoms with Crippen molar-refractivity contribution in [2.45, 2.75) is 30.7 Å². The van der Waals surface area contributed by atoms with Crippen molar-refractivity contribution in [2.75, 3.05) is 25.4 Å². The second-order valence-electron chi connectivity index (χ2n) is 5.47. The number of piperidine rings is 1. The molecule has 2 rings (SSSR count). The van der Waals surface area contributed by atoms with Crippen LogP contribution in [0.4, 0.5) is 0 Å². The Morgan fingerprint density at radius 1 is 1.33 bits per heavy atom. The molecule has 0 bridgehead atoms. The molecule has 1 heterocycles. The molecule has 0 aromatic heterocycles. The fraction of sp³-hybridized carbons (Fsp3) is 0.533. The summed E-state index contributed by atoms with van der Waals surface area (Å²) in [6.07, 6.45) is 1.94. The number of carbonyl (C=O) groups excluding carboxylic acids is 1. The quantitative estimate of drug-likeness (QED) is 0.883. The summed E-state index contributed by atoms with van der Waals surface area (Å²) in [6, 6.07) is 8.68.